The maximum Gasteiger partial charge on any atom is 0.164 e. The normalized spacial score (nSPS) is 16.4. The standard InChI is InChI=1S/C4H11N3O2/c1-4(2)9-7(8)6(3)5/h5-7H,1H2,2-3H3. The molecule has 0 bridgehead atoms. The molecule has 0 aliphatic carbocycles. The molecule has 0 saturated heterocycles. The van der Waals surface area contributed by atoms with Crippen molar-refractivity contribution in [3.05, 3.63) is 23.4 Å². The van der Waals surface area contributed by atoms with E-state index in [1.165, 1.54) is 7.05 Å². The minimum Gasteiger partial charge on any atom is -0.541 e. The van der Waals surface area contributed by atoms with E-state index in [9.17, 15) is 5.21 Å². The molecule has 9 heavy (non-hydrogen) atoms. The zero-order valence-electron chi connectivity index (χ0n) is 5.52. The molecule has 0 aromatic rings. The van der Waals surface area contributed by atoms with Gasteiger partial charge in [0.05, 0.1) is 0 Å². The third kappa shape index (κ3) is 3.92. The first kappa shape index (κ1) is 8.38. The van der Waals surface area contributed by atoms with Gasteiger partial charge in [-0.1, -0.05) is 6.58 Å². The Labute approximate surface area is 53.8 Å². The molecular formula is C4H11N3O2. The SMILES string of the molecule is C=C(C)O[NH+]([O-])[NH+](C)[NH-]. The maximum absolute atomic E-state index is 10.4. The highest BCUT2D eigenvalue weighted by molar-refractivity contribution is 4.69. The van der Waals surface area contributed by atoms with Crippen LogP contribution in [0.1, 0.15) is 6.92 Å². The molecule has 5 heteroatoms. The Kier molecular flexibility index (Phi) is 3.18. The molecule has 0 radical (unpaired) electrons. The van der Waals surface area contributed by atoms with Gasteiger partial charge in [-0.25, -0.2) is 5.12 Å². The van der Waals surface area contributed by atoms with E-state index < -0.39 is 5.34 Å². The van der Waals surface area contributed by atoms with Crippen molar-refractivity contribution < 1.29 is 15.3 Å². The van der Waals surface area contributed by atoms with Crippen LogP contribution in [0.2, 0.25) is 0 Å². The van der Waals surface area contributed by atoms with Crippen LogP contribution in [0, 0.1) is 5.21 Å². The molecule has 0 amide bonds. The minimum absolute atomic E-state index is 0.113. The Morgan fingerprint density at radius 3 is 2.33 bits per heavy atom. The number of quaternary nitrogens is 2. The highest BCUT2D eigenvalue weighted by Gasteiger charge is 1.97. The monoisotopic (exact) mass is 133 g/mol. The molecule has 5 nitrogen and oxygen atoms in total. The van der Waals surface area contributed by atoms with Crippen molar-refractivity contribution in [3.63, 3.8) is 0 Å². The summed E-state index contributed by atoms with van der Waals surface area (Å²) in [4.78, 5) is 4.45. The van der Waals surface area contributed by atoms with Gasteiger partial charge in [-0.15, -0.1) is 0 Å². The van der Waals surface area contributed by atoms with E-state index in [0.29, 0.717) is 5.76 Å². The molecule has 0 aliphatic heterocycles. The van der Waals surface area contributed by atoms with Crippen molar-refractivity contribution in [2.24, 2.45) is 0 Å². The van der Waals surface area contributed by atoms with E-state index in [2.05, 4.69) is 11.4 Å². The van der Waals surface area contributed by atoms with E-state index in [0.717, 1.165) is 0 Å². The summed E-state index contributed by atoms with van der Waals surface area (Å²) in [6.45, 7) is 4.89. The van der Waals surface area contributed by atoms with Gasteiger partial charge in [-0.2, -0.15) is 0 Å². The average molecular weight is 133 g/mol. The molecule has 0 aromatic carbocycles. The predicted molar refractivity (Wildman–Crippen MR) is 31.4 cm³/mol. The average Bonchev–Trinajstić information content (AvgIpc) is 1.63. The Bertz CT molecular complexity index is 104. The van der Waals surface area contributed by atoms with Crippen molar-refractivity contribution >= 4 is 0 Å². The lowest BCUT2D eigenvalue weighted by atomic mass is 10.7. The third-order valence-corrected chi connectivity index (χ3v) is 0.573. The zero-order chi connectivity index (χ0) is 7.44. The van der Waals surface area contributed by atoms with Gasteiger partial charge in [0.25, 0.3) is 0 Å². The number of hydrogen-bond donors (Lipinski definition) is 2. The lowest BCUT2D eigenvalue weighted by Crippen LogP contribution is -3.53. The summed E-state index contributed by atoms with van der Waals surface area (Å²) in [5, 5.41) is 9.70. The van der Waals surface area contributed by atoms with Crippen LogP contribution in [-0.4, -0.2) is 7.05 Å². The Morgan fingerprint density at radius 1 is 1.78 bits per heavy atom. The summed E-state index contributed by atoms with van der Waals surface area (Å²) < 4.78 is 0. The van der Waals surface area contributed by atoms with Crippen molar-refractivity contribution in [2.75, 3.05) is 7.05 Å². The fraction of sp³-hybridized carbons (Fsp3) is 0.500. The molecule has 2 unspecified atom stereocenters. The number of rotatable bonds is 3. The van der Waals surface area contributed by atoms with Gasteiger partial charge in [-0.3, -0.25) is 4.84 Å². The lowest BCUT2D eigenvalue weighted by molar-refractivity contribution is -1.53. The fourth-order valence-electron chi connectivity index (χ4n) is 0.235. The second-order valence-electron chi connectivity index (χ2n) is 1.72. The van der Waals surface area contributed by atoms with Crippen LogP contribution >= 0.6 is 0 Å². The predicted octanol–water partition coefficient (Wildman–Crippen LogP) is -1.77. The van der Waals surface area contributed by atoms with Crippen LogP contribution in [0.25, 0.3) is 5.84 Å². The molecule has 0 aromatic heterocycles. The van der Waals surface area contributed by atoms with Crippen LogP contribution in [0.5, 0.6) is 0 Å². The molecule has 2 atom stereocenters. The first-order chi connectivity index (χ1) is 4.04. The third-order valence-electron chi connectivity index (χ3n) is 0.573. The number of hydrogen-bond acceptors (Lipinski definition) is 2. The van der Waals surface area contributed by atoms with Crippen molar-refractivity contribution in [1.82, 2.24) is 0 Å². The molecule has 0 aliphatic rings. The van der Waals surface area contributed by atoms with Crippen molar-refractivity contribution in [3.8, 4) is 0 Å². The summed E-state index contributed by atoms with van der Waals surface area (Å²) in [5.41, 5.74) is 0. The van der Waals surface area contributed by atoms with Crippen LogP contribution < -0.4 is 10.5 Å². The van der Waals surface area contributed by atoms with E-state index in [1.54, 1.807) is 6.92 Å². The first-order valence-corrected chi connectivity index (χ1v) is 2.47. The van der Waals surface area contributed by atoms with E-state index in [-0.39, 0.29) is 5.12 Å². The van der Waals surface area contributed by atoms with E-state index >= 15 is 0 Å². The quantitative estimate of drug-likeness (QED) is 0.353. The topological polar surface area (TPSA) is 65.0 Å². The molecule has 0 heterocycles. The highest BCUT2D eigenvalue weighted by Crippen LogP contribution is 1.77. The molecule has 0 rings (SSSR count). The van der Waals surface area contributed by atoms with Crippen LogP contribution in [-0.2, 0) is 4.84 Å². The highest BCUT2D eigenvalue weighted by atomic mass is 16.9. The van der Waals surface area contributed by atoms with Gasteiger partial charge in [0.2, 0.25) is 0 Å². The summed E-state index contributed by atoms with van der Waals surface area (Å²) in [6.07, 6.45) is 0. The molecule has 54 valence electrons. The molecule has 3 N–H and O–H groups in total. The Balaban J connectivity index is 3.50. The van der Waals surface area contributed by atoms with Gasteiger partial charge in [0.1, 0.15) is 7.05 Å². The summed E-state index contributed by atoms with van der Waals surface area (Å²) in [7, 11) is 1.37. The summed E-state index contributed by atoms with van der Waals surface area (Å²) in [6, 6.07) is 0. The largest absolute Gasteiger partial charge is 0.541 e. The smallest absolute Gasteiger partial charge is 0.164 e. The lowest BCUT2D eigenvalue weighted by Gasteiger charge is -2.26. The minimum atomic E-state index is -0.637. The zero-order valence-corrected chi connectivity index (χ0v) is 5.52. The van der Waals surface area contributed by atoms with Gasteiger partial charge in [-0.05, 0) is 12.3 Å². The number of allylic oxidation sites excluding steroid dienone is 1. The molecule has 0 saturated carbocycles. The van der Waals surface area contributed by atoms with Gasteiger partial charge in [0.15, 0.2) is 5.76 Å². The molecular weight excluding hydrogens is 122 g/mol. The van der Waals surface area contributed by atoms with Gasteiger partial charge >= 0.3 is 0 Å². The summed E-state index contributed by atoms with van der Waals surface area (Å²) in [5.74, 6) is 7.09. The molecule has 0 fully saturated rings. The second kappa shape index (κ2) is 3.41. The maximum atomic E-state index is 10.4. The summed E-state index contributed by atoms with van der Waals surface area (Å²) >= 11 is 0. The van der Waals surface area contributed by atoms with Crippen molar-refractivity contribution in [1.29, 1.82) is 0 Å². The van der Waals surface area contributed by atoms with Crippen LogP contribution in [0.15, 0.2) is 12.3 Å². The second-order valence-corrected chi connectivity index (χ2v) is 1.72. The van der Waals surface area contributed by atoms with E-state index in [4.69, 9.17) is 5.84 Å². The van der Waals surface area contributed by atoms with Gasteiger partial charge < -0.3 is 11.0 Å². The molecule has 0 spiro atoms. The first-order valence-electron chi connectivity index (χ1n) is 2.47. The van der Waals surface area contributed by atoms with Crippen LogP contribution in [0.4, 0.5) is 0 Å². The Morgan fingerprint density at radius 2 is 2.22 bits per heavy atom. The number of nitrogens with one attached hydrogen (secondary N) is 3. The fourth-order valence-corrected chi connectivity index (χ4v) is 0.235. The van der Waals surface area contributed by atoms with Crippen LogP contribution in [0.3, 0.4) is 0 Å². The Hall–Kier alpha value is -0.620. The van der Waals surface area contributed by atoms with E-state index in [1.807, 2.05) is 0 Å². The van der Waals surface area contributed by atoms with Crippen molar-refractivity contribution in [2.45, 2.75) is 6.92 Å². The van der Waals surface area contributed by atoms with Gasteiger partial charge in [0, 0.05) is 0 Å².